The summed E-state index contributed by atoms with van der Waals surface area (Å²) in [5.74, 6) is 0. The quantitative estimate of drug-likeness (QED) is 0.481. The lowest BCUT2D eigenvalue weighted by Gasteiger charge is -2.16. The van der Waals surface area contributed by atoms with Gasteiger partial charge in [0.15, 0.2) is 0 Å². The molecule has 0 bridgehead atoms. The first kappa shape index (κ1) is 15.1. The molecule has 3 heteroatoms. The maximum absolute atomic E-state index is 5.94. The van der Waals surface area contributed by atoms with Gasteiger partial charge < -0.3 is 5.32 Å². The Morgan fingerprint density at radius 2 is 2.06 bits per heavy atom. The molecule has 0 radical (unpaired) electrons. The third-order valence-corrected chi connectivity index (χ3v) is 3.95. The normalized spacial score (nSPS) is 12.5. The number of halogens is 2. The standard InChI is InChI=1S/C14H21ClIN/c1-3-4-5-6-7-11(2)17-14-9-8-12(15)10-13(14)16/h8-11,17H,3-7H2,1-2H3. The van der Waals surface area contributed by atoms with Gasteiger partial charge in [-0.3, -0.25) is 0 Å². The highest BCUT2D eigenvalue weighted by molar-refractivity contribution is 14.1. The minimum absolute atomic E-state index is 0.529. The van der Waals surface area contributed by atoms with E-state index in [2.05, 4.69) is 47.8 Å². The molecule has 96 valence electrons. The van der Waals surface area contributed by atoms with Crippen LogP contribution >= 0.6 is 34.2 Å². The summed E-state index contributed by atoms with van der Waals surface area (Å²) in [5, 5.41) is 4.35. The van der Waals surface area contributed by atoms with Crippen LogP contribution in [0.15, 0.2) is 18.2 Å². The van der Waals surface area contributed by atoms with Crippen molar-refractivity contribution in [3.05, 3.63) is 26.8 Å². The number of benzene rings is 1. The van der Waals surface area contributed by atoms with Crippen LogP contribution in [-0.2, 0) is 0 Å². The number of hydrogen-bond donors (Lipinski definition) is 1. The van der Waals surface area contributed by atoms with Gasteiger partial charge in [-0.2, -0.15) is 0 Å². The lowest BCUT2D eigenvalue weighted by atomic mass is 10.1. The largest absolute Gasteiger partial charge is 0.382 e. The maximum atomic E-state index is 5.94. The van der Waals surface area contributed by atoms with Crippen molar-refractivity contribution in [3.8, 4) is 0 Å². The molecule has 1 N–H and O–H groups in total. The summed E-state index contributed by atoms with van der Waals surface area (Å²) in [6, 6.07) is 6.53. The Balaban J connectivity index is 2.37. The van der Waals surface area contributed by atoms with Crippen molar-refractivity contribution in [3.63, 3.8) is 0 Å². The molecule has 0 fully saturated rings. The van der Waals surface area contributed by atoms with Crippen LogP contribution in [0.5, 0.6) is 0 Å². The Labute approximate surface area is 123 Å². The first-order valence-corrected chi connectivity index (χ1v) is 7.80. The zero-order chi connectivity index (χ0) is 12.7. The molecule has 0 saturated carbocycles. The molecule has 1 aromatic rings. The van der Waals surface area contributed by atoms with Crippen LogP contribution in [0, 0.1) is 3.57 Å². The van der Waals surface area contributed by atoms with Gasteiger partial charge in [-0.05, 0) is 54.1 Å². The number of nitrogens with one attached hydrogen (secondary N) is 1. The summed E-state index contributed by atoms with van der Waals surface area (Å²) in [5.41, 5.74) is 1.19. The van der Waals surface area contributed by atoms with Gasteiger partial charge in [-0.25, -0.2) is 0 Å². The van der Waals surface area contributed by atoms with E-state index in [9.17, 15) is 0 Å². The molecule has 1 rings (SSSR count). The van der Waals surface area contributed by atoms with Crippen LogP contribution in [0.3, 0.4) is 0 Å². The number of hydrogen-bond acceptors (Lipinski definition) is 1. The van der Waals surface area contributed by atoms with Gasteiger partial charge in [0, 0.05) is 20.3 Å². The molecule has 1 unspecified atom stereocenters. The van der Waals surface area contributed by atoms with E-state index in [0.29, 0.717) is 6.04 Å². The van der Waals surface area contributed by atoms with Crippen molar-refractivity contribution in [1.29, 1.82) is 0 Å². The summed E-state index contributed by atoms with van der Waals surface area (Å²) in [6.07, 6.45) is 6.55. The van der Waals surface area contributed by atoms with Crippen LogP contribution < -0.4 is 5.32 Å². The lowest BCUT2D eigenvalue weighted by molar-refractivity contribution is 0.594. The van der Waals surface area contributed by atoms with Crippen LogP contribution in [0.1, 0.15) is 46.0 Å². The second kappa shape index (κ2) is 8.20. The Kier molecular flexibility index (Phi) is 7.28. The molecule has 0 heterocycles. The molecule has 1 aromatic carbocycles. The van der Waals surface area contributed by atoms with Crippen molar-refractivity contribution in [2.24, 2.45) is 0 Å². The SMILES string of the molecule is CCCCCCC(C)Nc1ccc(Cl)cc1I. The molecular weight excluding hydrogens is 345 g/mol. The maximum Gasteiger partial charge on any atom is 0.0478 e. The van der Waals surface area contributed by atoms with E-state index in [4.69, 9.17) is 11.6 Å². The van der Waals surface area contributed by atoms with Gasteiger partial charge in [0.05, 0.1) is 0 Å². The fraction of sp³-hybridized carbons (Fsp3) is 0.571. The van der Waals surface area contributed by atoms with E-state index in [1.54, 1.807) is 0 Å². The monoisotopic (exact) mass is 365 g/mol. The van der Waals surface area contributed by atoms with Gasteiger partial charge in [0.1, 0.15) is 0 Å². The fourth-order valence-corrected chi connectivity index (χ4v) is 2.85. The molecule has 0 spiro atoms. The van der Waals surface area contributed by atoms with Crippen molar-refractivity contribution < 1.29 is 0 Å². The van der Waals surface area contributed by atoms with Gasteiger partial charge in [0.25, 0.3) is 0 Å². The third-order valence-electron chi connectivity index (χ3n) is 2.82. The predicted octanol–water partition coefficient (Wildman–Crippen LogP) is 5.72. The highest BCUT2D eigenvalue weighted by atomic mass is 127. The van der Waals surface area contributed by atoms with Gasteiger partial charge in [-0.1, -0.05) is 44.2 Å². The minimum atomic E-state index is 0.529. The topological polar surface area (TPSA) is 12.0 Å². The second-order valence-corrected chi connectivity index (χ2v) is 6.12. The van der Waals surface area contributed by atoms with Gasteiger partial charge >= 0.3 is 0 Å². The van der Waals surface area contributed by atoms with Crippen LogP contribution in [0.25, 0.3) is 0 Å². The van der Waals surface area contributed by atoms with Gasteiger partial charge in [-0.15, -0.1) is 0 Å². The third kappa shape index (κ3) is 5.96. The van der Waals surface area contributed by atoms with E-state index in [1.807, 2.05) is 12.1 Å². The summed E-state index contributed by atoms with van der Waals surface area (Å²) in [4.78, 5) is 0. The first-order chi connectivity index (χ1) is 8.13. The van der Waals surface area contributed by atoms with Crippen LogP contribution in [-0.4, -0.2) is 6.04 Å². The average molecular weight is 366 g/mol. The van der Waals surface area contributed by atoms with E-state index >= 15 is 0 Å². The fourth-order valence-electron chi connectivity index (χ4n) is 1.82. The lowest BCUT2D eigenvalue weighted by Crippen LogP contribution is -2.15. The molecule has 0 aromatic heterocycles. The summed E-state index contributed by atoms with van der Waals surface area (Å²) >= 11 is 8.26. The molecule has 0 aliphatic rings. The van der Waals surface area contributed by atoms with Crippen molar-refractivity contribution in [1.82, 2.24) is 0 Å². The molecule has 0 saturated heterocycles. The van der Waals surface area contributed by atoms with E-state index in [-0.39, 0.29) is 0 Å². The molecule has 0 aliphatic carbocycles. The Bertz CT molecular complexity index is 341. The molecule has 1 atom stereocenters. The highest BCUT2D eigenvalue weighted by Gasteiger charge is 2.05. The molecular formula is C14H21ClIN. The smallest absolute Gasteiger partial charge is 0.0478 e. The second-order valence-electron chi connectivity index (χ2n) is 4.52. The Morgan fingerprint density at radius 3 is 2.71 bits per heavy atom. The van der Waals surface area contributed by atoms with Crippen molar-refractivity contribution >= 4 is 39.9 Å². The van der Waals surface area contributed by atoms with E-state index in [1.165, 1.54) is 41.4 Å². The minimum Gasteiger partial charge on any atom is -0.382 e. The first-order valence-electron chi connectivity index (χ1n) is 6.35. The average Bonchev–Trinajstić information content (AvgIpc) is 2.28. The summed E-state index contributed by atoms with van der Waals surface area (Å²) < 4.78 is 1.19. The zero-order valence-electron chi connectivity index (χ0n) is 10.6. The molecule has 0 aliphatic heterocycles. The number of rotatable bonds is 7. The van der Waals surface area contributed by atoms with E-state index < -0.39 is 0 Å². The highest BCUT2D eigenvalue weighted by Crippen LogP contribution is 2.23. The van der Waals surface area contributed by atoms with Crippen molar-refractivity contribution in [2.75, 3.05) is 5.32 Å². The Morgan fingerprint density at radius 1 is 1.29 bits per heavy atom. The Hall–Kier alpha value is 0.0400. The van der Waals surface area contributed by atoms with E-state index in [0.717, 1.165) is 5.02 Å². The number of anilines is 1. The predicted molar refractivity (Wildman–Crippen MR) is 86.0 cm³/mol. The molecule has 1 nitrogen and oxygen atoms in total. The summed E-state index contributed by atoms with van der Waals surface area (Å²) in [7, 11) is 0. The molecule has 0 amide bonds. The van der Waals surface area contributed by atoms with Crippen LogP contribution in [0.4, 0.5) is 5.69 Å². The zero-order valence-corrected chi connectivity index (χ0v) is 13.5. The molecule has 17 heavy (non-hydrogen) atoms. The summed E-state index contributed by atoms with van der Waals surface area (Å²) in [6.45, 7) is 4.49. The van der Waals surface area contributed by atoms with Crippen LogP contribution in [0.2, 0.25) is 5.02 Å². The van der Waals surface area contributed by atoms with Gasteiger partial charge in [0.2, 0.25) is 0 Å². The van der Waals surface area contributed by atoms with Crippen molar-refractivity contribution in [2.45, 2.75) is 52.0 Å². The number of unbranched alkanes of at least 4 members (excludes halogenated alkanes) is 3.